The van der Waals surface area contributed by atoms with E-state index in [1.165, 1.54) is 65.4 Å². The number of halogens is 2. The summed E-state index contributed by atoms with van der Waals surface area (Å²) in [5, 5.41) is 4.30. The Kier molecular flexibility index (Phi) is 10.1. The summed E-state index contributed by atoms with van der Waals surface area (Å²) in [6.07, 6.45) is 4.06. The van der Waals surface area contributed by atoms with Crippen LogP contribution in [0.3, 0.4) is 0 Å². The Balaban J connectivity index is 1.30. The first-order valence-corrected chi connectivity index (χ1v) is 22.0. The van der Waals surface area contributed by atoms with E-state index >= 15 is 0 Å². The van der Waals surface area contributed by atoms with Gasteiger partial charge in [-0.15, -0.1) is 22.7 Å². The van der Waals surface area contributed by atoms with Gasteiger partial charge in [0.1, 0.15) is 11.5 Å². The maximum Gasteiger partial charge on any atom is 0.127 e. The molecule has 0 amide bonds. The first-order chi connectivity index (χ1) is 26.5. The maximum absolute atomic E-state index is 6.81. The molecule has 9 rings (SSSR count). The van der Waals surface area contributed by atoms with E-state index in [1.807, 2.05) is 14.2 Å². The molecule has 0 radical (unpaired) electrons. The molecule has 7 aromatic rings. The van der Waals surface area contributed by atoms with Gasteiger partial charge in [0.2, 0.25) is 0 Å². The molecule has 0 spiro atoms. The van der Waals surface area contributed by atoms with Crippen molar-refractivity contribution in [3.05, 3.63) is 186 Å². The van der Waals surface area contributed by atoms with E-state index in [4.69, 9.17) is 9.47 Å². The third-order valence-corrected chi connectivity index (χ3v) is 14.5. The number of rotatable bonds is 8. The number of benzene rings is 5. The Hall–Kier alpha value is -3.94. The van der Waals surface area contributed by atoms with Crippen LogP contribution in [0.25, 0.3) is 20.9 Å². The first kappa shape index (κ1) is 35.7. The van der Waals surface area contributed by atoms with Crippen molar-refractivity contribution >= 4 is 54.5 Å². The van der Waals surface area contributed by atoms with Crippen LogP contribution < -0.4 is 9.47 Å². The second-order valence-electron chi connectivity index (χ2n) is 14.4. The van der Waals surface area contributed by atoms with Gasteiger partial charge < -0.3 is 9.47 Å². The Morgan fingerprint density at radius 1 is 0.426 bits per heavy atom. The zero-order chi connectivity index (χ0) is 36.8. The molecule has 2 nitrogen and oxygen atoms in total. The second-order valence-corrected chi connectivity index (χ2v) is 18.1. The Labute approximate surface area is 343 Å². The fourth-order valence-electron chi connectivity index (χ4n) is 9.22. The summed E-state index contributed by atoms with van der Waals surface area (Å²) >= 11 is 11.0. The van der Waals surface area contributed by atoms with Gasteiger partial charge in [0.25, 0.3) is 0 Å². The smallest absolute Gasteiger partial charge is 0.127 e. The van der Waals surface area contributed by atoms with Crippen molar-refractivity contribution in [1.82, 2.24) is 0 Å². The summed E-state index contributed by atoms with van der Waals surface area (Å²) in [7, 11) is 3.78. The number of fused-ring (bicyclic) bond motifs is 2. The molecule has 54 heavy (non-hydrogen) atoms. The molecular weight excluding hydrogens is 832 g/mol. The largest absolute Gasteiger partial charge is 0.496 e. The van der Waals surface area contributed by atoms with Gasteiger partial charge >= 0.3 is 0 Å². The van der Waals surface area contributed by atoms with Crippen molar-refractivity contribution in [3.63, 3.8) is 0 Å². The van der Waals surface area contributed by atoms with Crippen molar-refractivity contribution in [1.29, 1.82) is 0 Å². The predicted molar refractivity (Wildman–Crippen MR) is 233 cm³/mol. The zero-order valence-electron chi connectivity index (χ0n) is 30.2. The van der Waals surface area contributed by atoms with Crippen LogP contribution in [0.1, 0.15) is 93.9 Å². The first-order valence-electron chi connectivity index (χ1n) is 18.6. The third-order valence-electron chi connectivity index (χ3n) is 11.6. The Morgan fingerprint density at radius 3 is 0.981 bits per heavy atom. The number of methoxy groups -OCH3 is 2. The summed E-state index contributed by atoms with van der Waals surface area (Å²) in [6, 6.07) is 45.1. The van der Waals surface area contributed by atoms with Crippen LogP contribution in [-0.2, 0) is 0 Å². The minimum atomic E-state index is 0.159. The summed E-state index contributed by atoms with van der Waals surface area (Å²) in [4.78, 5) is 2.59. The van der Waals surface area contributed by atoms with E-state index in [0.29, 0.717) is 0 Å². The second kappa shape index (κ2) is 15.3. The zero-order valence-corrected chi connectivity index (χ0v) is 35.0. The van der Waals surface area contributed by atoms with Gasteiger partial charge in [-0.2, -0.15) is 0 Å². The molecule has 0 N–H and O–H groups in total. The number of hydrogen-bond donors (Lipinski definition) is 0. The molecule has 2 aliphatic rings. The molecule has 0 saturated heterocycles. The highest BCUT2D eigenvalue weighted by Gasteiger charge is 2.43. The lowest BCUT2D eigenvalue weighted by molar-refractivity contribution is 0.360. The molecule has 0 saturated carbocycles. The lowest BCUT2D eigenvalue weighted by atomic mass is 9.64. The topological polar surface area (TPSA) is 18.5 Å². The quantitative estimate of drug-likeness (QED) is 0.151. The average molecular weight is 873 g/mol. The van der Waals surface area contributed by atoms with Gasteiger partial charge in [-0.3, -0.25) is 0 Å². The fourth-order valence-corrected chi connectivity index (χ4v) is 11.2. The fraction of sp³-hybridized carbons (Fsp3) is 0.208. The molecule has 270 valence electrons. The van der Waals surface area contributed by atoms with E-state index < -0.39 is 0 Å². The van der Waals surface area contributed by atoms with E-state index in [-0.39, 0.29) is 23.7 Å². The lowest BCUT2D eigenvalue weighted by Gasteiger charge is -2.41. The van der Waals surface area contributed by atoms with E-state index in [1.54, 1.807) is 22.7 Å². The van der Waals surface area contributed by atoms with Gasteiger partial charge in [0.15, 0.2) is 0 Å². The van der Waals surface area contributed by atoms with Crippen LogP contribution >= 0.6 is 54.5 Å². The van der Waals surface area contributed by atoms with Gasteiger partial charge in [0.05, 0.1) is 14.2 Å². The molecule has 5 aromatic carbocycles. The molecular formula is C48H40Br2O2S2. The van der Waals surface area contributed by atoms with Crippen LogP contribution in [-0.4, -0.2) is 14.2 Å². The number of ether oxygens (including phenoxy) is 2. The van der Waals surface area contributed by atoms with Gasteiger partial charge in [0, 0.05) is 64.6 Å². The van der Waals surface area contributed by atoms with E-state index in [0.717, 1.165) is 46.1 Å². The molecule has 0 aliphatic heterocycles. The SMILES string of the molecule is COc1c2c(c(OC)c3c1[C@H](c1ccc(Br)cc1)CC[C@@H]3c1ccc(Br)cc1)[C@H](c1ccc(-c3cccs3)cc1)CC[C@@H]2c1ccc(-c2cccs2)cc1. The van der Waals surface area contributed by atoms with Crippen LogP contribution in [0.4, 0.5) is 0 Å². The molecule has 0 unspecified atom stereocenters. The van der Waals surface area contributed by atoms with Crippen LogP contribution in [0.15, 0.2) is 141 Å². The van der Waals surface area contributed by atoms with Crippen molar-refractivity contribution in [2.75, 3.05) is 14.2 Å². The molecule has 2 aromatic heterocycles. The highest BCUT2D eigenvalue weighted by molar-refractivity contribution is 9.10. The van der Waals surface area contributed by atoms with Gasteiger partial charge in [-0.05, 0) is 106 Å². The third kappa shape index (κ3) is 6.49. The molecule has 6 heteroatoms. The standard InChI is InChI=1S/C48H40Br2O2S2/c1-51-47-43-37(29-7-11-33(12-8-29)41-5-3-27-53-41)23-24-38(30-9-13-34(14-10-30)42-6-4-28-54-42)44(43)48(52-2)46-40(32-17-21-36(50)22-18-32)26-25-39(45(46)47)31-15-19-35(49)20-16-31/h3-22,27-28,37-40H,23-26H2,1-2H3/t37-,38+,39+,40-. The van der Waals surface area contributed by atoms with Crippen molar-refractivity contribution in [2.45, 2.75) is 49.4 Å². The summed E-state index contributed by atoms with van der Waals surface area (Å²) in [5.41, 5.74) is 12.9. The Bertz CT molecular complexity index is 2200. The highest BCUT2D eigenvalue weighted by Crippen LogP contribution is 2.61. The molecule has 0 fully saturated rings. The molecule has 2 heterocycles. The van der Waals surface area contributed by atoms with Crippen LogP contribution in [0.2, 0.25) is 0 Å². The van der Waals surface area contributed by atoms with Crippen LogP contribution in [0.5, 0.6) is 11.5 Å². The van der Waals surface area contributed by atoms with E-state index in [2.05, 4.69) is 164 Å². The minimum absolute atomic E-state index is 0.159. The minimum Gasteiger partial charge on any atom is -0.496 e. The monoisotopic (exact) mass is 870 g/mol. The molecule has 4 atom stereocenters. The number of thiophene rings is 2. The molecule has 0 bridgehead atoms. The van der Waals surface area contributed by atoms with E-state index in [9.17, 15) is 0 Å². The predicted octanol–water partition coefficient (Wildman–Crippen LogP) is 14.8. The summed E-state index contributed by atoms with van der Waals surface area (Å²) < 4.78 is 15.8. The highest BCUT2D eigenvalue weighted by atomic mass is 79.9. The van der Waals surface area contributed by atoms with Crippen molar-refractivity contribution in [3.8, 4) is 32.4 Å². The van der Waals surface area contributed by atoms with Crippen molar-refractivity contribution < 1.29 is 9.47 Å². The number of hydrogen-bond acceptors (Lipinski definition) is 4. The molecule has 2 aliphatic carbocycles. The van der Waals surface area contributed by atoms with Crippen molar-refractivity contribution in [2.24, 2.45) is 0 Å². The maximum atomic E-state index is 6.81. The van der Waals surface area contributed by atoms with Gasteiger partial charge in [-0.25, -0.2) is 0 Å². The van der Waals surface area contributed by atoms with Gasteiger partial charge in [-0.1, -0.05) is 117 Å². The average Bonchev–Trinajstić information content (AvgIpc) is 3.97. The van der Waals surface area contributed by atoms with Crippen LogP contribution in [0, 0.1) is 0 Å². The lowest BCUT2D eigenvalue weighted by Crippen LogP contribution is -2.25. The summed E-state index contributed by atoms with van der Waals surface area (Å²) in [5.74, 6) is 2.71. The summed E-state index contributed by atoms with van der Waals surface area (Å²) in [6.45, 7) is 0. The normalized spacial score (nSPS) is 19.2. The Morgan fingerprint density at radius 2 is 0.722 bits per heavy atom.